The van der Waals surface area contributed by atoms with E-state index < -0.39 is 24.2 Å². The molecule has 1 unspecified atom stereocenters. The lowest BCUT2D eigenvalue weighted by Crippen LogP contribution is -2.26. The SMILES string of the molecule is CCCCC1(Cc2ccc(-c3ccccc3C(=O)O)cc2)N=C(CO)C(C(=O)O)=N1. The number of hydrogen-bond donors (Lipinski definition) is 3. The number of aliphatic hydroxyl groups is 1. The number of carbonyl (C=O) groups is 2. The van der Waals surface area contributed by atoms with Crippen molar-refractivity contribution in [1.29, 1.82) is 0 Å². The van der Waals surface area contributed by atoms with Gasteiger partial charge in [0.2, 0.25) is 0 Å². The Hall–Kier alpha value is -3.32. The van der Waals surface area contributed by atoms with Crippen molar-refractivity contribution in [2.24, 2.45) is 9.98 Å². The fraction of sp³-hybridized carbons (Fsp3) is 0.304. The van der Waals surface area contributed by atoms with E-state index in [2.05, 4.69) is 9.98 Å². The molecule has 0 radical (unpaired) electrons. The Bertz CT molecular complexity index is 1010. The van der Waals surface area contributed by atoms with Crippen molar-refractivity contribution < 1.29 is 24.9 Å². The second kappa shape index (κ2) is 9.00. The van der Waals surface area contributed by atoms with Gasteiger partial charge in [-0.25, -0.2) is 14.6 Å². The maximum Gasteiger partial charge on any atom is 0.356 e. The molecule has 30 heavy (non-hydrogen) atoms. The van der Waals surface area contributed by atoms with Crippen molar-refractivity contribution in [3.05, 3.63) is 59.7 Å². The molecule has 7 heteroatoms. The van der Waals surface area contributed by atoms with E-state index in [0.29, 0.717) is 18.4 Å². The van der Waals surface area contributed by atoms with Crippen LogP contribution in [0.25, 0.3) is 11.1 Å². The Kier molecular flexibility index (Phi) is 6.42. The van der Waals surface area contributed by atoms with Crippen LogP contribution in [-0.4, -0.2) is 51.0 Å². The minimum Gasteiger partial charge on any atom is -0.478 e. The summed E-state index contributed by atoms with van der Waals surface area (Å²) in [5.74, 6) is -2.18. The summed E-state index contributed by atoms with van der Waals surface area (Å²) in [5, 5.41) is 28.3. The van der Waals surface area contributed by atoms with Gasteiger partial charge in [0.15, 0.2) is 11.4 Å². The predicted octanol–water partition coefficient (Wildman–Crippen LogP) is 3.45. The summed E-state index contributed by atoms with van der Waals surface area (Å²) >= 11 is 0. The number of carboxylic acid groups (broad SMARTS) is 2. The molecule has 0 saturated heterocycles. The molecule has 0 bridgehead atoms. The van der Waals surface area contributed by atoms with Gasteiger partial charge in [0.25, 0.3) is 0 Å². The van der Waals surface area contributed by atoms with Crippen LogP contribution in [0.2, 0.25) is 0 Å². The lowest BCUT2D eigenvalue weighted by Gasteiger charge is -2.23. The smallest absolute Gasteiger partial charge is 0.356 e. The number of rotatable bonds is 9. The third-order valence-corrected chi connectivity index (χ3v) is 5.13. The Balaban J connectivity index is 1.92. The Morgan fingerprint density at radius 2 is 1.67 bits per heavy atom. The van der Waals surface area contributed by atoms with E-state index in [9.17, 15) is 24.9 Å². The molecular formula is C23H24N2O5. The van der Waals surface area contributed by atoms with Crippen molar-refractivity contribution in [1.82, 2.24) is 0 Å². The summed E-state index contributed by atoms with van der Waals surface area (Å²) in [7, 11) is 0. The number of nitrogens with zero attached hydrogens (tertiary/aromatic N) is 2. The molecule has 7 nitrogen and oxygen atoms in total. The van der Waals surface area contributed by atoms with Crippen molar-refractivity contribution in [2.75, 3.05) is 6.61 Å². The van der Waals surface area contributed by atoms with Gasteiger partial charge in [0.1, 0.15) is 0 Å². The van der Waals surface area contributed by atoms with E-state index in [-0.39, 0.29) is 17.0 Å². The second-order valence-corrected chi connectivity index (χ2v) is 7.29. The minimum atomic E-state index is -1.19. The number of hydrogen-bond acceptors (Lipinski definition) is 5. The maximum atomic E-state index is 11.5. The lowest BCUT2D eigenvalue weighted by atomic mass is 9.93. The molecule has 0 amide bonds. The van der Waals surface area contributed by atoms with Gasteiger partial charge >= 0.3 is 11.9 Å². The van der Waals surface area contributed by atoms with Gasteiger partial charge in [0, 0.05) is 6.42 Å². The van der Waals surface area contributed by atoms with Crippen LogP contribution >= 0.6 is 0 Å². The van der Waals surface area contributed by atoms with Crippen LogP contribution < -0.4 is 0 Å². The van der Waals surface area contributed by atoms with E-state index in [1.807, 2.05) is 31.2 Å². The van der Waals surface area contributed by atoms with Crippen LogP contribution in [0.5, 0.6) is 0 Å². The fourth-order valence-electron chi connectivity index (χ4n) is 3.67. The quantitative estimate of drug-likeness (QED) is 0.587. The summed E-state index contributed by atoms with van der Waals surface area (Å²) < 4.78 is 0. The number of carboxylic acids is 2. The molecule has 1 heterocycles. The summed E-state index contributed by atoms with van der Waals surface area (Å²) in [4.78, 5) is 31.9. The maximum absolute atomic E-state index is 11.5. The molecule has 3 rings (SSSR count). The molecule has 1 atom stereocenters. The first kappa shape index (κ1) is 21.4. The lowest BCUT2D eigenvalue weighted by molar-refractivity contribution is -0.129. The molecule has 1 aliphatic rings. The minimum absolute atomic E-state index is 0.102. The summed E-state index contributed by atoms with van der Waals surface area (Å²) in [6.07, 6.45) is 2.71. The Labute approximate surface area is 174 Å². The first-order valence-corrected chi connectivity index (χ1v) is 9.84. The summed E-state index contributed by atoms with van der Waals surface area (Å²) in [5.41, 5.74) is 1.52. The Morgan fingerprint density at radius 1 is 0.967 bits per heavy atom. The fourth-order valence-corrected chi connectivity index (χ4v) is 3.67. The van der Waals surface area contributed by atoms with Gasteiger partial charge in [-0.3, -0.25) is 4.99 Å². The van der Waals surface area contributed by atoms with Crippen molar-refractivity contribution in [3.8, 4) is 11.1 Å². The monoisotopic (exact) mass is 408 g/mol. The molecule has 3 N–H and O–H groups in total. The predicted molar refractivity (Wildman–Crippen MR) is 114 cm³/mol. The highest BCUT2D eigenvalue weighted by atomic mass is 16.4. The normalized spacial score (nSPS) is 18.1. The van der Waals surface area contributed by atoms with Gasteiger partial charge in [0.05, 0.1) is 17.9 Å². The van der Waals surface area contributed by atoms with Gasteiger partial charge in [-0.05, 0) is 35.6 Å². The van der Waals surface area contributed by atoms with Crippen molar-refractivity contribution in [3.63, 3.8) is 0 Å². The van der Waals surface area contributed by atoms with Crippen LogP contribution in [0.15, 0.2) is 58.5 Å². The van der Waals surface area contributed by atoms with Crippen LogP contribution in [-0.2, 0) is 11.2 Å². The summed E-state index contributed by atoms with van der Waals surface area (Å²) in [6.45, 7) is 1.57. The standard InChI is InChI=1S/C23H24N2O5/c1-2-3-12-23(24-19(14-26)20(25-23)22(29)30)13-15-8-10-16(11-9-15)17-6-4-5-7-18(17)21(27)28/h4-11,26H,2-3,12-14H2,1H3,(H,27,28)(H,29,30). The van der Waals surface area contributed by atoms with E-state index in [0.717, 1.165) is 24.0 Å². The van der Waals surface area contributed by atoms with Gasteiger partial charge < -0.3 is 15.3 Å². The molecule has 0 aromatic heterocycles. The van der Waals surface area contributed by atoms with Crippen molar-refractivity contribution in [2.45, 2.75) is 38.3 Å². The molecule has 156 valence electrons. The second-order valence-electron chi connectivity index (χ2n) is 7.29. The molecule has 2 aromatic rings. The molecule has 2 aromatic carbocycles. The number of aliphatic hydroxyl groups excluding tert-OH is 1. The average molecular weight is 408 g/mol. The number of aromatic carboxylic acids is 1. The van der Waals surface area contributed by atoms with E-state index in [1.54, 1.807) is 24.3 Å². The van der Waals surface area contributed by atoms with Crippen LogP contribution in [0.4, 0.5) is 0 Å². The highest BCUT2D eigenvalue weighted by Crippen LogP contribution is 2.32. The first-order valence-electron chi connectivity index (χ1n) is 9.84. The van der Waals surface area contributed by atoms with Crippen LogP contribution in [0.3, 0.4) is 0 Å². The third kappa shape index (κ3) is 4.46. The average Bonchev–Trinajstić information content (AvgIpc) is 3.12. The highest BCUT2D eigenvalue weighted by Gasteiger charge is 2.37. The van der Waals surface area contributed by atoms with Crippen LogP contribution in [0, 0.1) is 0 Å². The van der Waals surface area contributed by atoms with Crippen LogP contribution in [0.1, 0.15) is 42.1 Å². The number of aliphatic imine (C=N–C) groups is 2. The zero-order chi connectivity index (χ0) is 21.7. The van der Waals surface area contributed by atoms with E-state index in [1.165, 1.54) is 0 Å². The van der Waals surface area contributed by atoms with Gasteiger partial charge in [-0.2, -0.15) is 0 Å². The topological polar surface area (TPSA) is 120 Å². The van der Waals surface area contributed by atoms with Gasteiger partial charge in [-0.15, -0.1) is 0 Å². The molecule has 0 saturated carbocycles. The zero-order valence-corrected chi connectivity index (χ0v) is 16.7. The molecule has 0 aliphatic carbocycles. The number of aliphatic carboxylic acids is 1. The van der Waals surface area contributed by atoms with Crippen molar-refractivity contribution >= 4 is 23.4 Å². The number of benzene rings is 2. The van der Waals surface area contributed by atoms with Gasteiger partial charge in [-0.1, -0.05) is 55.8 Å². The number of unbranched alkanes of at least 4 members (excludes halogenated alkanes) is 1. The van der Waals surface area contributed by atoms with E-state index in [4.69, 9.17) is 0 Å². The molecule has 0 fully saturated rings. The summed E-state index contributed by atoms with van der Waals surface area (Å²) in [6, 6.07) is 14.3. The molecular weight excluding hydrogens is 384 g/mol. The largest absolute Gasteiger partial charge is 0.478 e. The highest BCUT2D eigenvalue weighted by molar-refractivity contribution is 6.66. The van der Waals surface area contributed by atoms with E-state index >= 15 is 0 Å². The third-order valence-electron chi connectivity index (χ3n) is 5.13. The molecule has 1 aliphatic heterocycles. The zero-order valence-electron chi connectivity index (χ0n) is 16.7. The first-order chi connectivity index (χ1) is 14.4. The Morgan fingerprint density at radius 3 is 2.23 bits per heavy atom. The molecule has 0 spiro atoms.